The second kappa shape index (κ2) is 7.58. The van der Waals surface area contributed by atoms with Gasteiger partial charge in [-0.05, 0) is 44.4 Å². The van der Waals surface area contributed by atoms with Gasteiger partial charge in [-0.25, -0.2) is 4.98 Å². The summed E-state index contributed by atoms with van der Waals surface area (Å²) in [5, 5.41) is 14.4. The maximum absolute atomic E-state index is 13.1. The van der Waals surface area contributed by atoms with Crippen molar-refractivity contribution in [3.8, 4) is 0 Å². The molecule has 1 N–H and O–H groups in total. The lowest BCUT2D eigenvalue weighted by Crippen LogP contribution is -2.58. The molecule has 1 aromatic heterocycles. The zero-order chi connectivity index (χ0) is 18.9. The highest BCUT2D eigenvalue weighted by molar-refractivity contribution is 5.84. The van der Waals surface area contributed by atoms with E-state index in [4.69, 9.17) is 0 Å². The summed E-state index contributed by atoms with van der Waals surface area (Å²) in [4.78, 5) is 33.3. The number of carbonyl (C=O) groups is 2. The first-order chi connectivity index (χ1) is 13.1. The first kappa shape index (κ1) is 18.4. The van der Waals surface area contributed by atoms with E-state index in [2.05, 4.69) is 10.1 Å². The summed E-state index contributed by atoms with van der Waals surface area (Å²) in [7, 11) is 0. The molecule has 3 aliphatic rings. The molecule has 0 radical (unpaired) electrons. The fourth-order valence-electron chi connectivity index (χ4n) is 4.55. The summed E-state index contributed by atoms with van der Waals surface area (Å²) in [6.07, 6.45) is 8.20. The van der Waals surface area contributed by atoms with Crippen molar-refractivity contribution < 1.29 is 14.7 Å². The van der Waals surface area contributed by atoms with E-state index in [-0.39, 0.29) is 11.8 Å². The molecule has 4 rings (SSSR count). The molecule has 0 bridgehead atoms. The lowest BCUT2D eigenvalue weighted by Gasteiger charge is -2.48. The van der Waals surface area contributed by atoms with Crippen LogP contribution >= 0.6 is 0 Å². The fraction of sp³-hybridized carbons (Fsp3) is 0.789. The largest absolute Gasteiger partial charge is 0.391 e. The second-order valence-electron chi connectivity index (χ2n) is 8.43. The topological polar surface area (TPSA) is 91.6 Å². The lowest BCUT2D eigenvalue weighted by molar-refractivity contribution is -0.159. The first-order valence-corrected chi connectivity index (χ1v) is 10.1. The Labute approximate surface area is 159 Å². The molecular formula is C19H29N5O3. The van der Waals surface area contributed by atoms with Crippen molar-refractivity contribution in [2.75, 3.05) is 26.2 Å². The molecule has 1 aromatic rings. The van der Waals surface area contributed by atoms with Crippen LogP contribution in [0.15, 0.2) is 12.7 Å². The summed E-state index contributed by atoms with van der Waals surface area (Å²) in [6, 6.07) is 0. The number of aryl methyl sites for hydroxylation is 1. The van der Waals surface area contributed by atoms with Crippen LogP contribution in [-0.2, 0) is 16.1 Å². The number of aromatic nitrogens is 3. The Kier molecular flexibility index (Phi) is 5.16. The van der Waals surface area contributed by atoms with Gasteiger partial charge in [0.2, 0.25) is 11.8 Å². The molecule has 1 spiro atoms. The normalized spacial score (nSPS) is 25.2. The van der Waals surface area contributed by atoms with E-state index in [1.165, 1.54) is 19.2 Å². The number of nitrogens with zero attached hydrogens (tertiary/aromatic N) is 5. The SMILES string of the molecule is O=C(CCCn1cncn1)N1CCC2(CC1)CC(O)CN(CC1CC1)C2=O. The summed E-state index contributed by atoms with van der Waals surface area (Å²) in [5.41, 5.74) is -0.468. The van der Waals surface area contributed by atoms with Crippen LogP contribution in [-0.4, -0.2) is 73.8 Å². The van der Waals surface area contributed by atoms with Crippen LogP contribution in [0.5, 0.6) is 0 Å². The van der Waals surface area contributed by atoms with Crippen LogP contribution in [0.25, 0.3) is 0 Å². The molecule has 2 amide bonds. The third-order valence-corrected chi connectivity index (χ3v) is 6.29. The Balaban J connectivity index is 1.29. The number of β-amino-alcohol motifs (C(OH)–C–C–N with tert-alkyl or cyclic N) is 1. The molecule has 2 aliphatic heterocycles. The molecule has 3 fully saturated rings. The highest BCUT2D eigenvalue weighted by atomic mass is 16.3. The van der Waals surface area contributed by atoms with Crippen molar-refractivity contribution in [1.29, 1.82) is 0 Å². The highest BCUT2D eigenvalue weighted by Crippen LogP contribution is 2.42. The maximum atomic E-state index is 13.1. The number of rotatable bonds is 6. The molecule has 0 aromatic carbocycles. The van der Waals surface area contributed by atoms with Crippen molar-refractivity contribution in [2.45, 2.75) is 57.6 Å². The average Bonchev–Trinajstić information content (AvgIpc) is 3.32. The predicted octanol–water partition coefficient (Wildman–Crippen LogP) is 0.670. The van der Waals surface area contributed by atoms with Crippen molar-refractivity contribution in [2.24, 2.45) is 11.3 Å². The molecule has 1 unspecified atom stereocenters. The van der Waals surface area contributed by atoms with Gasteiger partial charge in [0.1, 0.15) is 12.7 Å². The Hall–Kier alpha value is -1.96. The third kappa shape index (κ3) is 4.15. The maximum Gasteiger partial charge on any atom is 0.229 e. The number of aliphatic hydroxyl groups excluding tert-OH is 1. The number of hydrogen-bond acceptors (Lipinski definition) is 5. The van der Waals surface area contributed by atoms with Gasteiger partial charge in [-0.15, -0.1) is 0 Å². The van der Waals surface area contributed by atoms with E-state index in [1.54, 1.807) is 11.0 Å². The molecular weight excluding hydrogens is 346 g/mol. The van der Waals surface area contributed by atoms with Crippen LogP contribution < -0.4 is 0 Å². The molecule has 1 saturated carbocycles. The summed E-state index contributed by atoms with van der Waals surface area (Å²) >= 11 is 0. The third-order valence-electron chi connectivity index (χ3n) is 6.29. The molecule has 148 valence electrons. The molecule has 3 heterocycles. The predicted molar refractivity (Wildman–Crippen MR) is 97.4 cm³/mol. The van der Waals surface area contributed by atoms with Crippen LogP contribution in [0.3, 0.4) is 0 Å². The van der Waals surface area contributed by atoms with Crippen LogP contribution in [0, 0.1) is 11.3 Å². The van der Waals surface area contributed by atoms with Crippen molar-refractivity contribution >= 4 is 11.8 Å². The zero-order valence-electron chi connectivity index (χ0n) is 15.8. The minimum atomic E-state index is -0.468. The van der Waals surface area contributed by atoms with E-state index in [9.17, 15) is 14.7 Å². The van der Waals surface area contributed by atoms with Crippen molar-refractivity contribution in [1.82, 2.24) is 24.6 Å². The minimum absolute atomic E-state index is 0.142. The Morgan fingerprint density at radius 3 is 2.74 bits per heavy atom. The highest BCUT2D eigenvalue weighted by Gasteiger charge is 2.49. The number of carbonyl (C=O) groups excluding carboxylic acids is 2. The van der Waals surface area contributed by atoms with Gasteiger partial charge in [0.15, 0.2) is 0 Å². The van der Waals surface area contributed by atoms with E-state index in [0.717, 1.165) is 13.0 Å². The van der Waals surface area contributed by atoms with Gasteiger partial charge in [-0.1, -0.05) is 0 Å². The van der Waals surface area contributed by atoms with E-state index < -0.39 is 11.5 Å². The molecule has 8 nitrogen and oxygen atoms in total. The second-order valence-corrected chi connectivity index (χ2v) is 8.43. The molecule has 1 aliphatic carbocycles. The standard InChI is InChI=1S/C19H29N5O3/c25-16-10-19(18(27)23(12-16)11-15-3-4-15)5-8-22(9-6-19)17(26)2-1-7-24-14-20-13-21-24/h13-16,25H,1-12H2. The van der Waals surface area contributed by atoms with Crippen molar-refractivity contribution in [3.63, 3.8) is 0 Å². The number of piperidine rings is 2. The van der Waals surface area contributed by atoms with Gasteiger partial charge in [0.25, 0.3) is 0 Å². The molecule has 1 atom stereocenters. The summed E-state index contributed by atoms with van der Waals surface area (Å²) in [5.74, 6) is 0.976. The van der Waals surface area contributed by atoms with Crippen LogP contribution in [0.1, 0.15) is 44.9 Å². The van der Waals surface area contributed by atoms with Crippen LogP contribution in [0.2, 0.25) is 0 Å². The molecule has 2 saturated heterocycles. The Morgan fingerprint density at radius 1 is 1.30 bits per heavy atom. The number of amides is 2. The fourth-order valence-corrected chi connectivity index (χ4v) is 4.55. The summed E-state index contributed by atoms with van der Waals surface area (Å²) < 4.78 is 1.73. The van der Waals surface area contributed by atoms with Gasteiger partial charge in [-0.3, -0.25) is 14.3 Å². The first-order valence-electron chi connectivity index (χ1n) is 10.1. The summed E-state index contributed by atoms with van der Waals surface area (Å²) in [6.45, 7) is 3.17. The average molecular weight is 375 g/mol. The van der Waals surface area contributed by atoms with Crippen LogP contribution in [0.4, 0.5) is 0 Å². The van der Waals surface area contributed by atoms with E-state index in [1.807, 2.05) is 9.80 Å². The smallest absolute Gasteiger partial charge is 0.229 e. The quantitative estimate of drug-likeness (QED) is 0.789. The van der Waals surface area contributed by atoms with Gasteiger partial charge in [0, 0.05) is 39.1 Å². The lowest BCUT2D eigenvalue weighted by atomic mass is 9.70. The Bertz CT molecular complexity index is 663. The minimum Gasteiger partial charge on any atom is -0.391 e. The molecule has 8 heteroatoms. The van der Waals surface area contributed by atoms with E-state index >= 15 is 0 Å². The van der Waals surface area contributed by atoms with Gasteiger partial charge in [0.05, 0.1) is 11.5 Å². The van der Waals surface area contributed by atoms with Gasteiger partial charge < -0.3 is 14.9 Å². The Morgan fingerprint density at radius 2 is 2.07 bits per heavy atom. The van der Waals surface area contributed by atoms with Gasteiger partial charge in [-0.2, -0.15) is 5.10 Å². The van der Waals surface area contributed by atoms with Gasteiger partial charge >= 0.3 is 0 Å². The van der Waals surface area contributed by atoms with Crippen molar-refractivity contribution in [3.05, 3.63) is 12.7 Å². The molecule has 27 heavy (non-hydrogen) atoms. The number of aliphatic hydroxyl groups is 1. The van der Waals surface area contributed by atoms with E-state index in [0.29, 0.717) is 57.8 Å². The monoisotopic (exact) mass is 375 g/mol. The number of likely N-dealkylation sites (tertiary alicyclic amines) is 2. The number of hydrogen-bond donors (Lipinski definition) is 1. The zero-order valence-corrected chi connectivity index (χ0v) is 15.8.